The Morgan fingerprint density at radius 2 is 1.81 bits per heavy atom. The summed E-state index contributed by atoms with van der Waals surface area (Å²) in [4.78, 5) is 12.7. The minimum Gasteiger partial charge on any atom is -0.493 e. The van der Waals surface area contributed by atoms with Gasteiger partial charge in [-0.1, -0.05) is 54.8 Å². The summed E-state index contributed by atoms with van der Waals surface area (Å²) in [6.07, 6.45) is 4.55. The number of carbonyl (C=O) groups excluding carboxylic acids is 1. The van der Waals surface area contributed by atoms with Crippen LogP contribution in [0.25, 0.3) is 0 Å². The zero-order valence-corrected chi connectivity index (χ0v) is 15.9. The van der Waals surface area contributed by atoms with Crippen LogP contribution in [0.4, 0.5) is 0 Å². The summed E-state index contributed by atoms with van der Waals surface area (Å²) in [5.41, 5.74) is 1.77. The van der Waals surface area contributed by atoms with E-state index in [1.54, 1.807) is 12.1 Å². The van der Waals surface area contributed by atoms with Crippen molar-refractivity contribution >= 4 is 17.5 Å². The number of amides is 1. The van der Waals surface area contributed by atoms with Crippen LogP contribution in [-0.4, -0.2) is 26.7 Å². The number of ether oxygens (including phenoxy) is 2. The summed E-state index contributed by atoms with van der Waals surface area (Å²) >= 11 is 6.22. The third-order valence-corrected chi connectivity index (χ3v) is 5.51. The van der Waals surface area contributed by atoms with Crippen molar-refractivity contribution in [3.63, 3.8) is 0 Å². The standard InChI is InChI=1S/C21H24ClNO3/c1-25-18-13-15(12-17(22)19(18)26-2)20(24)23-14-21(10-6-7-11-21)16-8-4-3-5-9-16/h3-5,8-9,12-13H,6-7,10-11,14H2,1-2H3,(H,23,24). The van der Waals surface area contributed by atoms with Gasteiger partial charge in [-0.25, -0.2) is 0 Å². The molecule has 0 aromatic heterocycles. The van der Waals surface area contributed by atoms with Gasteiger partial charge >= 0.3 is 0 Å². The van der Waals surface area contributed by atoms with Gasteiger partial charge in [0.1, 0.15) is 0 Å². The average molecular weight is 374 g/mol. The van der Waals surface area contributed by atoms with Crippen molar-refractivity contribution < 1.29 is 14.3 Å². The van der Waals surface area contributed by atoms with Crippen molar-refractivity contribution in [1.29, 1.82) is 0 Å². The molecular weight excluding hydrogens is 350 g/mol. The Balaban J connectivity index is 1.79. The van der Waals surface area contributed by atoms with E-state index in [1.807, 2.05) is 6.07 Å². The van der Waals surface area contributed by atoms with E-state index in [-0.39, 0.29) is 11.3 Å². The third kappa shape index (κ3) is 3.65. The number of nitrogens with one attached hydrogen (secondary N) is 1. The first-order valence-electron chi connectivity index (χ1n) is 8.85. The molecule has 138 valence electrons. The van der Waals surface area contributed by atoms with E-state index in [4.69, 9.17) is 21.1 Å². The van der Waals surface area contributed by atoms with Crippen LogP contribution in [0.3, 0.4) is 0 Å². The maximum atomic E-state index is 12.7. The molecule has 0 unspecified atom stereocenters. The van der Waals surface area contributed by atoms with Crippen LogP contribution in [0.1, 0.15) is 41.6 Å². The number of hydrogen-bond donors (Lipinski definition) is 1. The molecule has 0 heterocycles. The van der Waals surface area contributed by atoms with E-state index in [9.17, 15) is 4.79 Å². The Labute approximate surface area is 159 Å². The molecule has 1 amide bonds. The van der Waals surface area contributed by atoms with Gasteiger partial charge < -0.3 is 14.8 Å². The molecule has 4 nitrogen and oxygen atoms in total. The van der Waals surface area contributed by atoms with Crippen LogP contribution in [-0.2, 0) is 5.41 Å². The molecule has 1 aliphatic carbocycles. The Hall–Kier alpha value is -2.20. The Morgan fingerprint density at radius 3 is 2.42 bits per heavy atom. The van der Waals surface area contributed by atoms with Gasteiger partial charge in [0.05, 0.1) is 19.2 Å². The maximum absolute atomic E-state index is 12.7. The van der Waals surface area contributed by atoms with Crippen molar-refractivity contribution in [3.05, 3.63) is 58.6 Å². The highest BCUT2D eigenvalue weighted by atomic mass is 35.5. The number of benzene rings is 2. The molecule has 2 aromatic rings. The molecule has 1 aliphatic rings. The molecule has 0 saturated heterocycles. The first-order chi connectivity index (χ1) is 12.6. The van der Waals surface area contributed by atoms with Crippen molar-refractivity contribution in [2.24, 2.45) is 0 Å². The van der Waals surface area contributed by atoms with Crippen LogP contribution in [0.15, 0.2) is 42.5 Å². The van der Waals surface area contributed by atoms with Gasteiger partial charge in [0, 0.05) is 17.5 Å². The number of carbonyl (C=O) groups is 1. The minimum absolute atomic E-state index is 0.0112. The lowest BCUT2D eigenvalue weighted by Crippen LogP contribution is -2.39. The molecule has 0 atom stereocenters. The molecule has 26 heavy (non-hydrogen) atoms. The van der Waals surface area contributed by atoms with Crippen molar-refractivity contribution in [2.75, 3.05) is 20.8 Å². The monoisotopic (exact) mass is 373 g/mol. The molecule has 1 saturated carbocycles. The molecule has 1 N–H and O–H groups in total. The molecule has 2 aromatic carbocycles. The predicted octanol–water partition coefficient (Wildman–Crippen LogP) is 4.60. The molecular formula is C21H24ClNO3. The predicted molar refractivity (Wildman–Crippen MR) is 103 cm³/mol. The van der Waals surface area contributed by atoms with Gasteiger partial charge in [-0.3, -0.25) is 4.79 Å². The summed E-state index contributed by atoms with van der Waals surface area (Å²) < 4.78 is 10.5. The fourth-order valence-electron chi connectivity index (χ4n) is 3.81. The first-order valence-corrected chi connectivity index (χ1v) is 9.23. The van der Waals surface area contributed by atoms with Crippen molar-refractivity contribution in [1.82, 2.24) is 5.32 Å². The molecule has 0 bridgehead atoms. The summed E-state index contributed by atoms with van der Waals surface area (Å²) in [5.74, 6) is 0.723. The second kappa shape index (κ2) is 8.00. The molecule has 0 radical (unpaired) electrons. The SMILES string of the molecule is COc1cc(C(=O)NCC2(c3ccccc3)CCCC2)cc(Cl)c1OC. The Morgan fingerprint density at radius 1 is 1.12 bits per heavy atom. The highest BCUT2D eigenvalue weighted by Crippen LogP contribution is 2.41. The average Bonchev–Trinajstić information content (AvgIpc) is 3.16. The highest BCUT2D eigenvalue weighted by Gasteiger charge is 2.35. The molecule has 5 heteroatoms. The normalized spacial score (nSPS) is 15.5. The fourth-order valence-corrected chi connectivity index (χ4v) is 4.10. The third-order valence-electron chi connectivity index (χ3n) is 5.23. The van der Waals surface area contributed by atoms with E-state index >= 15 is 0 Å². The van der Waals surface area contributed by atoms with Gasteiger partial charge in [-0.2, -0.15) is 0 Å². The lowest BCUT2D eigenvalue weighted by Gasteiger charge is -2.30. The topological polar surface area (TPSA) is 47.6 Å². The molecule has 0 aliphatic heterocycles. The zero-order valence-electron chi connectivity index (χ0n) is 15.2. The molecule has 0 spiro atoms. The van der Waals surface area contributed by atoms with E-state index in [2.05, 4.69) is 29.6 Å². The Bertz CT molecular complexity index is 770. The van der Waals surface area contributed by atoms with E-state index in [1.165, 1.54) is 32.6 Å². The summed E-state index contributed by atoms with van der Waals surface area (Å²) in [5, 5.41) is 3.46. The Kier molecular flexibility index (Phi) is 5.72. The summed E-state index contributed by atoms with van der Waals surface area (Å²) in [6.45, 7) is 0.613. The quantitative estimate of drug-likeness (QED) is 0.805. The molecule has 3 rings (SSSR count). The summed E-state index contributed by atoms with van der Waals surface area (Å²) in [7, 11) is 3.05. The van der Waals surface area contributed by atoms with Crippen LogP contribution < -0.4 is 14.8 Å². The van der Waals surface area contributed by atoms with Gasteiger partial charge in [0.25, 0.3) is 5.91 Å². The second-order valence-corrected chi connectivity index (χ2v) is 7.14. The lowest BCUT2D eigenvalue weighted by atomic mass is 9.79. The van der Waals surface area contributed by atoms with Crippen molar-refractivity contribution in [2.45, 2.75) is 31.1 Å². The van der Waals surface area contributed by atoms with Gasteiger partial charge in [0.2, 0.25) is 0 Å². The van der Waals surface area contributed by atoms with Crippen molar-refractivity contribution in [3.8, 4) is 11.5 Å². The smallest absolute Gasteiger partial charge is 0.251 e. The summed E-state index contributed by atoms with van der Waals surface area (Å²) in [6, 6.07) is 13.7. The maximum Gasteiger partial charge on any atom is 0.251 e. The van der Waals surface area contributed by atoms with Crippen LogP contribution in [0.5, 0.6) is 11.5 Å². The van der Waals surface area contributed by atoms with Crippen LogP contribution in [0.2, 0.25) is 5.02 Å². The number of rotatable bonds is 6. The van der Waals surface area contributed by atoms with E-state index in [0.29, 0.717) is 28.6 Å². The fraction of sp³-hybridized carbons (Fsp3) is 0.381. The largest absolute Gasteiger partial charge is 0.493 e. The molecule has 1 fully saturated rings. The second-order valence-electron chi connectivity index (χ2n) is 6.73. The lowest BCUT2D eigenvalue weighted by molar-refractivity contribution is 0.0942. The highest BCUT2D eigenvalue weighted by molar-refractivity contribution is 6.32. The number of halogens is 1. The number of methoxy groups -OCH3 is 2. The van der Waals surface area contributed by atoms with Gasteiger partial charge in [0.15, 0.2) is 11.5 Å². The van der Waals surface area contributed by atoms with E-state index < -0.39 is 0 Å². The van der Waals surface area contributed by atoms with E-state index in [0.717, 1.165) is 12.8 Å². The van der Waals surface area contributed by atoms with Gasteiger partial charge in [-0.05, 0) is 30.5 Å². The minimum atomic E-state index is -0.157. The zero-order chi connectivity index (χ0) is 18.6. The van der Waals surface area contributed by atoms with Gasteiger partial charge in [-0.15, -0.1) is 0 Å². The first kappa shape index (κ1) is 18.6. The van der Waals surface area contributed by atoms with Crippen LogP contribution in [0, 0.1) is 0 Å². The van der Waals surface area contributed by atoms with Crippen LogP contribution >= 0.6 is 11.6 Å². The number of hydrogen-bond acceptors (Lipinski definition) is 3.